The number of carbonyl (C=O) groups is 1. The minimum Gasteiger partial charge on any atom is -0.496 e. The lowest BCUT2D eigenvalue weighted by Crippen LogP contribution is -2.28. The topological polar surface area (TPSA) is 47.6 Å². The summed E-state index contributed by atoms with van der Waals surface area (Å²) < 4.78 is 11.5. The summed E-state index contributed by atoms with van der Waals surface area (Å²) >= 11 is 3.85. The number of hydrogen-bond acceptors (Lipinski definition) is 5. The number of rotatable bonds is 7. The molecule has 2 aromatic rings. The Morgan fingerprint density at radius 3 is 2.52 bits per heavy atom. The van der Waals surface area contributed by atoms with Gasteiger partial charge in [0.25, 0.3) is 5.91 Å². The smallest absolute Gasteiger partial charge is 0.258 e. The van der Waals surface area contributed by atoms with E-state index >= 15 is 0 Å². The van der Waals surface area contributed by atoms with Crippen LogP contribution in [0, 0.1) is 0 Å². The molecule has 3 rings (SSSR count). The number of carbonyl (C=O) groups excluding carboxylic acids is 1. The second-order valence-electron chi connectivity index (χ2n) is 5.49. The fourth-order valence-electron chi connectivity index (χ4n) is 2.58. The summed E-state index contributed by atoms with van der Waals surface area (Å²) in [5.41, 5.74) is 2.10. The monoisotopic (exact) mass is 375 g/mol. The molecular weight excluding hydrogens is 354 g/mol. The molecule has 0 radical (unpaired) electrons. The Hall–Kier alpha value is -1.79. The van der Waals surface area contributed by atoms with Crippen LogP contribution in [0.4, 0.5) is 0 Å². The van der Waals surface area contributed by atoms with E-state index in [9.17, 15) is 4.79 Å². The van der Waals surface area contributed by atoms with Crippen LogP contribution in [0.3, 0.4) is 0 Å². The van der Waals surface area contributed by atoms with E-state index in [2.05, 4.69) is 11.4 Å². The summed E-state index contributed by atoms with van der Waals surface area (Å²) in [4.78, 5) is 12.1. The van der Waals surface area contributed by atoms with Gasteiger partial charge in [0, 0.05) is 29.2 Å². The Labute approximate surface area is 156 Å². The SMILES string of the molecule is COc1ccccc1CNC(=O)COc1ccccc1C1SCCS1. The molecule has 1 N–H and O–H groups in total. The van der Waals surface area contributed by atoms with Crippen LogP contribution >= 0.6 is 23.5 Å². The highest BCUT2D eigenvalue weighted by Gasteiger charge is 2.21. The molecule has 1 amide bonds. The van der Waals surface area contributed by atoms with E-state index in [-0.39, 0.29) is 12.5 Å². The number of amides is 1. The predicted molar refractivity (Wildman–Crippen MR) is 104 cm³/mol. The maximum Gasteiger partial charge on any atom is 0.258 e. The van der Waals surface area contributed by atoms with Gasteiger partial charge in [-0.3, -0.25) is 4.79 Å². The van der Waals surface area contributed by atoms with E-state index in [1.54, 1.807) is 7.11 Å². The van der Waals surface area contributed by atoms with Crippen molar-refractivity contribution in [3.8, 4) is 11.5 Å². The van der Waals surface area contributed by atoms with Gasteiger partial charge < -0.3 is 14.8 Å². The highest BCUT2D eigenvalue weighted by Crippen LogP contribution is 2.48. The molecule has 1 aliphatic heterocycles. The van der Waals surface area contributed by atoms with Crippen LogP contribution in [0.25, 0.3) is 0 Å². The first-order chi connectivity index (χ1) is 12.3. The summed E-state index contributed by atoms with van der Waals surface area (Å²) in [6.07, 6.45) is 0. The maximum absolute atomic E-state index is 12.1. The van der Waals surface area contributed by atoms with Crippen molar-refractivity contribution >= 4 is 29.4 Å². The van der Waals surface area contributed by atoms with E-state index < -0.39 is 0 Å². The van der Waals surface area contributed by atoms with Crippen molar-refractivity contribution in [3.63, 3.8) is 0 Å². The number of benzene rings is 2. The summed E-state index contributed by atoms with van der Waals surface area (Å²) in [5, 5.41) is 2.88. The van der Waals surface area contributed by atoms with Crippen molar-refractivity contribution < 1.29 is 14.3 Å². The third kappa shape index (κ3) is 4.86. The third-order valence-electron chi connectivity index (χ3n) is 3.82. The first kappa shape index (κ1) is 18.0. The molecule has 6 heteroatoms. The normalized spacial score (nSPS) is 14.3. The Morgan fingerprint density at radius 2 is 1.76 bits per heavy atom. The maximum atomic E-state index is 12.1. The van der Waals surface area contributed by atoms with Crippen LogP contribution in [0.15, 0.2) is 48.5 Å². The molecule has 0 atom stereocenters. The molecule has 1 aliphatic rings. The molecule has 0 saturated carbocycles. The number of nitrogens with one attached hydrogen (secondary N) is 1. The molecule has 25 heavy (non-hydrogen) atoms. The highest BCUT2D eigenvalue weighted by atomic mass is 32.2. The van der Waals surface area contributed by atoms with Crippen LogP contribution in [0.1, 0.15) is 15.7 Å². The lowest BCUT2D eigenvalue weighted by molar-refractivity contribution is -0.123. The zero-order chi connectivity index (χ0) is 17.5. The Kier molecular flexibility index (Phi) is 6.53. The Bertz CT molecular complexity index is 717. The zero-order valence-electron chi connectivity index (χ0n) is 14.1. The van der Waals surface area contributed by atoms with E-state index in [1.807, 2.05) is 66.0 Å². The molecule has 0 bridgehead atoms. The average molecular weight is 376 g/mol. The average Bonchev–Trinajstić information content (AvgIpc) is 3.19. The number of thioether (sulfide) groups is 2. The first-order valence-corrected chi connectivity index (χ1v) is 10.2. The van der Waals surface area contributed by atoms with Crippen molar-refractivity contribution in [1.29, 1.82) is 0 Å². The molecule has 0 spiro atoms. The number of methoxy groups -OCH3 is 1. The summed E-state index contributed by atoms with van der Waals surface area (Å²) in [7, 11) is 1.62. The van der Waals surface area contributed by atoms with Crippen LogP contribution in [-0.2, 0) is 11.3 Å². The molecule has 0 aliphatic carbocycles. The van der Waals surface area contributed by atoms with E-state index in [1.165, 1.54) is 0 Å². The number of ether oxygens (including phenoxy) is 2. The fourth-order valence-corrected chi connectivity index (χ4v) is 5.49. The van der Waals surface area contributed by atoms with Crippen molar-refractivity contribution in [3.05, 3.63) is 59.7 Å². The van der Waals surface area contributed by atoms with Gasteiger partial charge in [-0.15, -0.1) is 23.5 Å². The largest absolute Gasteiger partial charge is 0.496 e. The van der Waals surface area contributed by atoms with E-state index in [0.717, 1.165) is 34.1 Å². The van der Waals surface area contributed by atoms with Gasteiger partial charge in [-0.05, 0) is 12.1 Å². The lowest BCUT2D eigenvalue weighted by Gasteiger charge is -2.15. The molecule has 4 nitrogen and oxygen atoms in total. The van der Waals surface area contributed by atoms with Crippen molar-refractivity contribution in [2.24, 2.45) is 0 Å². The molecule has 0 unspecified atom stereocenters. The lowest BCUT2D eigenvalue weighted by atomic mass is 10.2. The molecular formula is C19H21NO3S2. The summed E-state index contributed by atoms with van der Waals surface area (Å²) in [6, 6.07) is 15.6. The van der Waals surface area contributed by atoms with Gasteiger partial charge in [0.1, 0.15) is 11.5 Å². The Morgan fingerprint density at radius 1 is 1.08 bits per heavy atom. The number of para-hydroxylation sites is 2. The fraction of sp³-hybridized carbons (Fsp3) is 0.316. The Balaban J connectivity index is 1.54. The summed E-state index contributed by atoms with van der Waals surface area (Å²) in [6.45, 7) is 0.427. The van der Waals surface area contributed by atoms with Crippen LogP contribution in [0.2, 0.25) is 0 Å². The van der Waals surface area contributed by atoms with Gasteiger partial charge in [0.15, 0.2) is 6.61 Å². The van der Waals surface area contributed by atoms with E-state index in [0.29, 0.717) is 11.1 Å². The van der Waals surface area contributed by atoms with Crippen LogP contribution in [0.5, 0.6) is 11.5 Å². The van der Waals surface area contributed by atoms with Gasteiger partial charge in [-0.1, -0.05) is 36.4 Å². The van der Waals surface area contributed by atoms with Gasteiger partial charge in [-0.25, -0.2) is 0 Å². The van der Waals surface area contributed by atoms with Crippen LogP contribution in [-0.4, -0.2) is 31.1 Å². The number of hydrogen-bond donors (Lipinski definition) is 1. The first-order valence-electron chi connectivity index (χ1n) is 8.11. The van der Waals surface area contributed by atoms with Gasteiger partial charge in [0.2, 0.25) is 0 Å². The molecule has 2 aromatic carbocycles. The van der Waals surface area contributed by atoms with Gasteiger partial charge >= 0.3 is 0 Å². The zero-order valence-corrected chi connectivity index (χ0v) is 15.7. The third-order valence-corrected chi connectivity index (χ3v) is 6.89. The second-order valence-corrected chi connectivity index (χ2v) is 8.21. The van der Waals surface area contributed by atoms with E-state index in [4.69, 9.17) is 9.47 Å². The molecule has 1 fully saturated rings. The minimum absolute atomic E-state index is 0.00815. The second kappa shape index (κ2) is 9.06. The highest BCUT2D eigenvalue weighted by molar-refractivity contribution is 8.19. The van der Waals surface area contributed by atoms with Crippen LogP contribution < -0.4 is 14.8 Å². The molecule has 0 aromatic heterocycles. The summed E-state index contributed by atoms with van der Waals surface area (Å²) in [5.74, 6) is 3.73. The molecule has 1 saturated heterocycles. The van der Waals surface area contributed by atoms with Gasteiger partial charge in [0.05, 0.1) is 11.7 Å². The quantitative estimate of drug-likeness (QED) is 0.796. The van der Waals surface area contributed by atoms with Crippen molar-refractivity contribution in [2.75, 3.05) is 25.2 Å². The standard InChI is InChI=1S/C19H21NO3S2/c1-22-16-8-4-2-6-14(16)12-20-18(21)13-23-17-9-5-3-7-15(17)19-24-10-11-25-19/h2-9,19H,10-13H2,1H3,(H,20,21). The molecule has 1 heterocycles. The van der Waals surface area contributed by atoms with Gasteiger partial charge in [-0.2, -0.15) is 0 Å². The molecule has 132 valence electrons. The van der Waals surface area contributed by atoms with Crippen molar-refractivity contribution in [1.82, 2.24) is 5.32 Å². The minimum atomic E-state index is -0.146. The predicted octanol–water partition coefficient (Wildman–Crippen LogP) is 3.87. The van der Waals surface area contributed by atoms with Crippen molar-refractivity contribution in [2.45, 2.75) is 11.1 Å².